The van der Waals surface area contributed by atoms with Crippen molar-refractivity contribution in [1.29, 1.82) is 0 Å². The van der Waals surface area contributed by atoms with E-state index < -0.39 is 16.0 Å². The average molecular weight is 455 g/mol. The summed E-state index contributed by atoms with van der Waals surface area (Å²) in [6.45, 7) is 3.52. The summed E-state index contributed by atoms with van der Waals surface area (Å²) >= 11 is 0. The number of benzene rings is 2. The van der Waals surface area contributed by atoms with E-state index >= 15 is 0 Å². The largest absolute Gasteiger partial charge is 0.462 e. The topological polar surface area (TPSA) is 101 Å². The average Bonchev–Trinajstić information content (AvgIpc) is 2.83. The lowest BCUT2D eigenvalue weighted by atomic mass is 10.00. The first-order valence-electron chi connectivity index (χ1n) is 10.7. The molecular formula is C23H26N4O4S. The number of piperidine rings is 1. The van der Waals surface area contributed by atoms with Crippen LogP contribution in [0, 0.1) is 5.92 Å². The Hall–Kier alpha value is -3.04. The molecule has 1 aliphatic heterocycles. The minimum Gasteiger partial charge on any atom is -0.462 e. The Morgan fingerprint density at radius 2 is 1.91 bits per heavy atom. The van der Waals surface area contributed by atoms with E-state index in [1.807, 2.05) is 30.3 Å². The number of carbonyl (C=O) groups excluding carboxylic acids is 1. The predicted octanol–water partition coefficient (Wildman–Crippen LogP) is 3.32. The third-order valence-corrected chi connectivity index (χ3v) is 7.41. The van der Waals surface area contributed by atoms with E-state index in [2.05, 4.69) is 15.3 Å². The second-order valence-corrected chi connectivity index (χ2v) is 9.71. The summed E-state index contributed by atoms with van der Waals surface area (Å²) in [6, 6.07) is 13.0. The molecule has 9 heteroatoms. The molecule has 1 aromatic heterocycles. The van der Waals surface area contributed by atoms with Gasteiger partial charge in [0.2, 0.25) is 16.0 Å². The molecule has 1 atom stereocenters. The van der Waals surface area contributed by atoms with Gasteiger partial charge < -0.3 is 10.1 Å². The van der Waals surface area contributed by atoms with E-state index in [-0.39, 0.29) is 5.92 Å². The van der Waals surface area contributed by atoms with Crippen molar-refractivity contribution in [2.45, 2.75) is 24.7 Å². The third kappa shape index (κ3) is 4.89. The lowest BCUT2D eigenvalue weighted by Crippen LogP contribution is -2.41. The summed E-state index contributed by atoms with van der Waals surface area (Å²) < 4.78 is 33.0. The van der Waals surface area contributed by atoms with E-state index in [0.29, 0.717) is 42.6 Å². The van der Waals surface area contributed by atoms with E-state index in [4.69, 9.17) is 4.74 Å². The van der Waals surface area contributed by atoms with Crippen LogP contribution in [0.25, 0.3) is 10.8 Å². The van der Waals surface area contributed by atoms with Gasteiger partial charge in [-0.15, -0.1) is 0 Å². The summed E-state index contributed by atoms with van der Waals surface area (Å²) in [7, 11) is -3.57. The lowest BCUT2D eigenvalue weighted by Gasteiger charge is -2.32. The first kappa shape index (κ1) is 22.2. The highest BCUT2D eigenvalue weighted by molar-refractivity contribution is 7.89. The van der Waals surface area contributed by atoms with Crippen LogP contribution in [0.3, 0.4) is 0 Å². The van der Waals surface area contributed by atoms with Crippen LogP contribution in [0.1, 0.15) is 30.1 Å². The second kappa shape index (κ2) is 9.62. The van der Waals surface area contributed by atoms with E-state index in [9.17, 15) is 13.2 Å². The number of rotatable bonds is 7. The SMILES string of the molecule is CCOC(=O)c1cnc(NCC2CCCN(S(=O)(=O)c3ccc4ccccc4c3)C2)nc1. The van der Waals surface area contributed by atoms with Gasteiger partial charge in [0.1, 0.15) is 0 Å². The molecule has 3 aromatic rings. The Kier molecular flexibility index (Phi) is 6.66. The van der Waals surface area contributed by atoms with Gasteiger partial charge in [-0.2, -0.15) is 4.31 Å². The molecule has 32 heavy (non-hydrogen) atoms. The quantitative estimate of drug-likeness (QED) is 0.547. The van der Waals surface area contributed by atoms with Crippen LogP contribution >= 0.6 is 0 Å². The predicted molar refractivity (Wildman–Crippen MR) is 122 cm³/mol. The van der Waals surface area contributed by atoms with Crippen LogP contribution in [-0.4, -0.2) is 54.9 Å². The van der Waals surface area contributed by atoms with Gasteiger partial charge in [-0.05, 0) is 48.6 Å². The van der Waals surface area contributed by atoms with Gasteiger partial charge in [0, 0.05) is 32.0 Å². The van der Waals surface area contributed by atoms with Crippen molar-refractivity contribution in [3.8, 4) is 0 Å². The Morgan fingerprint density at radius 3 is 2.66 bits per heavy atom. The molecule has 1 aliphatic rings. The molecule has 1 N–H and O–H groups in total. The Balaban J connectivity index is 1.39. The molecule has 168 valence electrons. The third-order valence-electron chi connectivity index (χ3n) is 5.55. The minimum absolute atomic E-state index is 0.132. The number of anilines is 1. The van der Waals surface area contributed by atoms with Crippen molar-refractivity contribution in [1.82, 2.24) is 14.3 Å². The van der Waals surface area contributed by atoms with Crippen LogP contribution in [-0.2, 0) is 14.8 Å². The van der Waals surface area contributed by atoms with Crippen molar-refractivity contribution in [3.05, 3.63) is 60.4 Å². The number of esters is 1. The summed E-state index contributed by atoms with van der Waals surface area (Å²) in [5.41, 5.74) is 0.294. The Labute approximate surface area is 187 Å². The maximum absolute atomic E-state index is 13.2. The normalized spacial score (nSPS) is 17.2. The van der Waals surface area contributed by atoms with Crippen LogP contribution < -0.4 is 5.32 Å². The molecule has 0 aliphatic carbocycles. The molecule has 0 amide bonds. The molecule has 0 radical (unpaired) electrons. The Morgan fingerprint density at radius 1 is 1.16 bits per heavy atom. The van der Waals surface area contributed by atoms with E-state index in [0.717, 1.165) is 23.6 Å². The molecule has 2 heterocycles. The lowest BCUT2D eigenvalue weighted by molar-refractivity contribution is 0.0525. The zero-order valence-electron chi connectivity index (χ0n) is 17.9. The first-order valence-corrected chi connectivity index (χ1v) is 12.1. The van der Waals surface area contributed by atoms with Gasteiger partial charge in [0.25, 0.3) is 0 Å². The number of hydrogen-bond donors (Lipinski definition) is 1. The molecule has 1 saturated heterocycles. The number of aromatic nitrogens is 2. The van der Waals surface area contributed by atoms with E-state index in [1.54, 1.807) is 23.4 Å². The van der Waals surface area contributed by atoms with Gasteiger partial charge in [-0.3, -0.25) is 0 Å². The molecule has 1 unspecified atom stereocenters. The number of nitrogens with zero attached hydrogens (tertiary/aromatic N) is 3. The zero-order chi connectivity index (χ0) is 22.6. The number of hydrogen-bond acceptors (Lipinski definition) is 7. The highest BCUT2D eigenvalue weighted by Gasteiger charge is 2.30. The maximum atomic E-state index is 13.2. The maximum Gasteiger partial charge on any atom is 0.341 e. The number of fused-ring (bicyclic) bond motifs is 1. The molecule has 2 aromatic carbocycles. The zero-order valence-corrected chi connectivity index (χ0v) is 18.7. The number of nitrogens with one attached hydrogen (secondary N) is 1. The van der Waals surface area contributed by atoms with Crippen molar-refractivity contribution < 1.29 is 17.9 Å². The molecule has 0 saturated carbocycles. The monoisotopic (exact) mass is 454 g/mol. The Bertz CT molecular complexity index is 1200. The van der Waals surface area contributed by atoms with Gasteiger partial charge in [0.05, 0.1) is 17.1 Å². The van der Waals surface area contributed by atoms with Crippen LogP contribution in [0.5, 0.6) is 0 Å². The first-order chi connectivity index (χ1) is 15.5. The van der Waals surface area contributed by atoms with Crippen LogP contribution in [0.2, 0.25) is 0 Å². The van der Waals surface area contributed by atoms with Gasteiger partial charge >= 0.3 is 5.97 Å². The second-order valence-electron chi connectivity index (χ2n) is 7.78. The van der Waals surface area contributed by atoms with Crippen molar-refractivity contribution in [2.75, 3.05) is 31.6 Å². The summed E-state index contributed by atoms with van der Waals surface area (Å²) in [5.74, 6) is 0.0701. The van der Waals surface area contributed by atoms with Gasteiger partial charge in [-0.25, -0.2) is 23.2 Å². The van der Waals surface area contributed by atoms with Crippen molar-refractivity contribution in [2.24, 2.45) is 5.92 Å². The number of ether oxygens (including phenoxy) is 1. The van der Waals surface area contributed by atoms with Gasteiger partial charge in [0.15, 0.2) is 0 Å². The van der Waals surface area contributed by atoms with Gasteiger partial charge in [-0.1, -0.05) is 30.3 Å². The van der Waals surface area contributed by atoms with Crippen molar-refractivity contribution >= 4 is 32.7 Å². The fourth-order valence-electron chi connectivity index (χ4n) is 3.86. The smallest absolute Gasteiger partial charge is 0.341 e. The fraction of sp³-hybridized carbons (Fsp3) is 0.348. The minimum atomic E-state index is -3.57. The summed E-state index contributed by atoms with van der Waals surface area (Å²) in [4.78, 5) is 20.3. The van der Waals surface area contributed by atoms with E-state index in [1.165, 1.54) is 12.4 Å². The molecule has 4 rings (SSSR count). The standard InChI is InChI=1S/C23H26N4O4S/c1-2-31-22(28)20-14-25-23(26-15-20)24-13-17-6-5-11-27(16-17)32(29,30)21-10-9-18-7-3-4-8-19(18)12-21/h3-4,7-10,12,14-15,17H,2,5-6,11,13,16H2,1H3,(H,24,25,26). The van der Waals surface area contributed by atoms with Crippen LogP contribution in [0.15, 0.2) is 59.8 Å². The number of sulfonamides is 1. The van der Waals surface area contributed by atoms with Crippen molar-refractivity contribution in [3.63, 3.8) is 0 Å². The molecule has 0 spiro atoms. The molecule has 1 fully saturated rings. The summed E-state index contributed by atoms with van der Waals surface area (Å²) in [6.07, 6.45) is 4.55. The summed E-state index contributed by atoms with van der Waals surface area (Å²) in [5, 5.41) is 5.08. The fourth-order valence-corrected chi connectivity index (χ4v) is 5.45. The number of carbonyl (C=O) groups is 1. The highest BCUT2D eigenvalue weighted by atomic mass is 32.2. The highest BCUT2D eigenvalue weighted by Crippen LogP contribution is 2.26. The molecule has 8 nitrogen and oxygen atoms in total. The molecule has 0 bridgehead atoms. The van der Waals surface area contributed by atoms with Crippen LogP contribution in [0.4, 0.5) is 5.95 Å². The molecular weight excluding hydrogens is 428 g/mol.